The largest absolute Gasteiger partial charge is 0.451 e. The summed E-state index contributed by atoms with van der Waals surface area (Å²) in [6.07, 6.45) is 0.964. The van der Waals surface area contributed by atoms with Crippen LogP contribution in [0.25, 0.3) is 11.0 Å². The second-order valence-electron chi connectivity index (χ2n) is 5.60. The topological polar surface area (TPSA) is 54.3 Å². The molecule has 1 saturated heterocycles. The molecule has 2 heterocycles. The highest BCUT2D eigenvalue weighted by Crippen LogP contribution is 2.25. The van der Waals surface area contributed by atoms with E-state index in [1.807, 2.05) is 31.2 Å². The van der Waals surface area contributed by atoms with Gasteiger partial charge in [-0.15, -0.1) is 12.4 Å². The van der Waals surface area contributed by atoms with E-state index in [9.17, 15) is 4.79 Å². The van der Waals surface area contributed by atoms with Gasteiger partial charge in [0.15, 0.2) is 5.76 Å². The Bertz CT molecular complexity index is 638. The van der Waals surface area contributed by atoms with Crippen molar-refractivity contribution in [3.8, 4) is 0 Å². The summed E-state index contributed by atoms with van der Waals surface area (Å²) >= 11 is 0. The number of amides is 1. The zero-order chi connectivity index (χ0) is 14.1. The van der Waals surface area contributed by atoms with Crippen LogP contribution >= 0.6 is 12.4 Å². The van der Waals surface area contributed by atoms with Crippen molar-refractivity contribution in [3.63, 3.8) is 0 Å². The van der Waals surface area contributed by atoms with Crippen LogP contribution in [0.1, 0.15) is 29.5 Å². The molecule has 21 heavy (non-hydrogen) atoms. The minimum Gasteiger partial charge on any atom is -0.451 e. The van der Waals surface area contributed by atoms with Crippen LogP contribution in [-0.2, 0) is 0 Å². The number of hydrogen-bond donors (Lipinski definition) is 2. The molecular formula is C16H21ClN2O2. The lowest BCUT2D eigenvalue weighted by Gasteiger charge is -2.29. The Kier molecular flexibility index (Phi) is 4.91. The molecule has 0 aliphatic carbocycles. The van der Waals surface area contributed by atoms with Crippen LogP contribution in [0.5, 0.6) is 0 Å². The molecule has 0 bridgehead atoms. The molecule has 0 spiro atoms. The highest BCUT2D eigenvalue weighted by molar-refractivity contribution is 5.99. The maximum absolute atomic E-state index is 12.4. The van der Waals surface area contributed by atoms with Crippen molar-refractivity contribution in [1.82, 2.24) is 10.6 Å². The Hall–Kier alpha value is -1.52. The van der Waals surface area contributed by atoms with Gasteiger partial charge >= 0.3 is 0 Å². The Morgan fingerprint density at radius 2 is 2.14 bits per heavy atom. The first-order valence-electron chi connectivity index (χ1n) is 7.16. The van der Waals surface area contributed by atoms with Crippen molar-refractivity contribution < 1.29 is 9.21 Å². The molecule has 1 aromatic heterocycles. The summed E-state index contributed by atoms with van der Waals surface area (Å²) in [5.74, 6) is 0.784. The van der Waals surface area contributed by atoms with Gasteiger partial charge in [-0.25, -0.2) is 0 Å². The summed E-state index contributed by atoms with van der Waals surface area (Å²) in [4.78, 5) is 12.4. The molecule has 2 atom stereocenters. The van der Waals surface area contributed by atoms with Gasteiger partial charge in [-0.05, 0) is 38.4 Å². The smallest absolute Gasteiger partial charge is 0.287 e. The van der Waals surface area contributed by atoms with Crippen LogP contribution in [0.15, 0.2) is 28.7 Å². The number of fused-ring (bicyclic) bond motifs is 1. The SMILES string of the molecule is Cc1c(C(=O)NC2CCNCC2C)oc2ccccc12.Cl. The van der Waals surface area contributed by atoms with Gasteiger partial charge in [0.05, 0.1) is 0 Å². The van der Waals surface area contributed by atoms with Gasteiger partial charge in [-0.2, -0.15) is 0 Å². The monoisotopic (exact) mass is 308 g/mol. The van der Waals surface area contributed by atoms with E-state index in [1.165, 1.54) is 0 Å². The van der Waals surface area contributed by atoms with E-state index in [0.29, 0.717) is 11.7 Å². The number of halogens is 1. The molecule has 5 heteroatoms. The Balaban J connectivity index is 0.00000161. The van der Waals surface area contributed by atoms with E-state index < -0.39 is 0 Å². The van der Waals surface area contributed by atoms with Crippen LogP contribution in [0.4, 0.5) is 0 Å². The van der Waals surface area contributed by atoms with Crippen molar-refractivity contribution in [2.24, 2.45) is 5.92 Å². The molecular weight excluding hydrogens is 288 g/mol. The van der Waals surface area contributed by atoms with Crippen molar-refractivity contribution >= 4 is 29.3 Å². The first-order chi connectivity index (χ1) is 9.66. The van der Waals surface area contributed by atoms with Crippen LogP contribution < -0.4 is 10.6 Å². The minimum absolute atomic E-state index is 0. The number of piperidine rings is 1. The average molecular weight is 309 g/mol. The number of carbonyl (C=O) groups excluding carboxylic acids is 1. The molecule has 0 saturated carbocycles. The van der Waals surface area contributed by atoms with Gasteiger partial charge < -0.3 is 15.1 Å². The lowest BCUT2D eigenvalue weighted by molar-refractivity contribution is 0.0887. The quantitative estimate of drug-likeness (QED) is 0.897. The first kappa shape index (κ1) is 15.9. The number of carbonyl (C=O) groups is 1. The molecule has 1 aliphatic rings. The lowest BCUT2D eigenvalue weighted by Crippen LogP contribution is -2.48. The molecule has 2 N–H and O–H groups in total. The number of nitrogens with one attached hydrogen (secondary N) is 2. The first-order valence-corrected chi connectivity index (χ1v) is 7.16. The molecule has 2 unspecified atom stereocenters. The molecule has 1 aliphatic heterocycles. The van der Waals surface area contributed by atoms with Crippen LogP contribution in [0, 0.1) is 12.8 Å². The number of para-hydroxylation sites is 1. The fraction of sp³-hybridized carbons (Fsp3) is 0.438. The fourth-order valence-corrected chi connectivity index (χ4v) is 2.85. The van der Waals surface area contributed by atoms with Gasteiger partial charge in [0.2, 0.25) is 0 Å². The Morgan fingerprint density at radius 1 is 1.38 bits per heavy atom. The van der Waals surface area contributed by atoms with Crippen LogP contribution in [-0.4, -0.2) is 25.0 Å². The number of hydrogen-bond acceptors (Lipinski definition) is 3. The Morgan fingerprint density at radius 3 is 2.86 bits per heavy atom. The minimum atomic E-state index is -0.0996. The second kappa shape index (κ2) is 6.50. The summed E-state index contributed by atoms with van der Waals surface area (Å²) in [6, 6.07) is 7.98. The van der Waals surface area contributed by atoms with Gasteiger partial charge in [-0.1, -0.05) is 25.1 Å². The molecule has 114 valence electrons. The summed E-state index contributed by atoms with van der Waals surface area (Å²) < 4.78 is 5.71. The molecule has 0 radical (unpaired) electrons. The summed E-state index contributed by atoms with van der Waals surface area (Å²) in [5, 5.41) is 7.46. The Labute approximate surface area is 130 Å². The highest BCUT2D eigenvalue weighted by Gasteiger charge is 2.25. The van der Waals surface area contributed by atoms with Crippen LogP contribution in [0.2, 0.25) is 0 Å². The van der Waals surface area contributed by atoms with Gasteiger partial charge in [0.25, 0.3) is 5.91 Å². The maximum Gasteiger partial charge on any atom is 0.287 e. The highest BCUT2D eigenvalue weighted by atomic mass is 35.5. The normalized spacial score (nSPS) is 21.8. The number of aryl methyl sites for hydroxylation is 1. The van der Waals surface area contributed by atoms with Gasteiger partial charge in [0, 0.05) is 17.0 Å². The average Bonchev–Trinajstić information content (AvgIpc) is 2.79. The van der Waals surface area contributed by atoms with Crippen molar-refractivity contribution in [1.29, 1.82) is 0 Å². The number of benzene rings is 1. The van der Waals surface area contributed by atoms with E-state index in [1.54, 1.807) is 0 Å². The maximum atomic E-state index is 12.4. The van der Waals surface area contributed by atoms with Crippen LogP contribution in [0.3, 0.4) is 0 Å². The van der Waals surface area contributed by atoms with Crippen molar-refractivity contribution in [2.75, 3.05) is 13.1 Å². The van der Waals surface area contributed by atoms with Gasteiger partial charge in [0.1, 0.15) is 5.58 Å². The third-order valence-corrected chi connectivity index (χ3v) is 4.15. The predicted molar refractivity (Wildman–Crippen MR) is 86.1 cm³/mol. The fourth-order valence-electron chi connectivity index (χ4n) is 2.85. The summed E-state index contributed by atoms with van der Waals surface area (Å²) in [5.41, 5.74) is 1.69. The van der Waals surface area contributed by atoms with Crippen molar-refractivity contribution in [2.45, 2.75) is 26.3 Å². The predicted octanol–water partition coefficient (Wildman–Crippen LogP) is 2.89. The zero-order valence-electron chi connectivity index (χ0n) is 12.3. The number of furan rings is 1. The van der Waals surface area contributed by atoms with E-state index >= 15 is 0 Å². The molecule has 2 aromatic rings. The molecule has 3 rings (SSSR count). The second-order valence-corrected chi connectivity index (χ2v) is 5.60. The van der Waals surface area contributed by atoms with E-state index in [4.69, 9.17) is 4.42 Å². The zero-order valence-corrected chi connectivity index (χ0v) is 13.1. The van der Waals surface area contributed by atoms with E-state index in [-0.39, 0.29) is 24.4 Å². The summed E-state index contributed by atoms with van der Waals surface area (Å²) in [7, 11) is 0. The lowest BCUT2D eigenvalue weighted by atomic mass is 9.95. The third-order valence-electron chi connectivity index (χ3n) is 4.15. The molecule has 1 amide bonds. The summed E-state index contributed by atoms with van der Waals surface area (Å²) in [6.45, 7) is 5.99. The van der Waals surface area contributed by atoms with E-state index in [0.717, 1.165) is 36.0 Å². The van der Waals surface area contributed by atoms with E-state index in [2.05, 4.69) is 17.6 Å². The van der Waals surface area contributed by atoms with Crippen molar-refractivity contribution in [3.05, 3.63) is 35.6 Å². The van der Waals surface area contributed by atoms with Gasteiger partial charge in [-0.3, -0.25) is 4.79 Å². The standard InChI is InChI=1S/C16H20N2O2.ClH/c1-10-9-17-8-7-13(10)18-16(19)15-11(2)12-5-3-4-6-14(12)20-15;/h3-6,10,13,17H,7-9H2,1-2H3,(H,18,19);1H. The molecule has 1 fully saturated rings. The third kappa shape index (κ3) is 3.06. The molecule has 1 aromatic carbocycles. The molecule has 4 nitrogen and oxygen atoms in total. The number of rotatable bonds is 2.